The molecule has 1 aliphatic heterocycles. The number of carbonyl (C=O) groups is 1. The molecule has 1 N–H and O–H groups in total. The molecule has 0 aliphatic carbocycles. The minimum absolute atomic E-state index is 0.0736. The van der Waals surface area contributed by atoms with Crippen LogP contribution in [-0.4, -0.2) is 28.5 Å². The molecule has 3 aromatic rings. The molecule has 1 unspecified atom stereocenters. The highest BCUT2D eigenvalue weighted by Crippen LogP contribution is 2.26. The predicted molar refractivity (Wildman–Crippen MR) is 102 cm³/mol. The van der Waals surface area contributed by atoms with E-state index in [1.807, 2.05) is 30.3 Å². The number of carbonyl (C=O) groups excluding carboxylic acids is 1. The molecule has 25 heavy (non-hydrogen) atoms. The Morgan fingerprint density at radius 3 is 2.84 bits per heavy atom. The number of rotatable bonds is 4. The highest BCUT2D eigenvalue weighted by Gasteiger charge is 2.23. The van der Waals surface area contributed by atoms with Gasteiger partial charge in [0.2, 0.25) is 5.91 Å². The monoisotopic (exact) mass is 333 g/mol. The van der Waals surface area contributed by atoms with Gasteiger partial charge in [-0.2, -0.15) is 0 Å². The summed E-state index contributed by atoms with van der Waals surface area (Å²) in [6.07, 6.45) is 2.64. The molecule has 2 aromatic carbocycles. The Bertz CT molecular complexity index is 894. The minimum Gasteiger partial charge on any atom is -0.349 e. The van der Waals surface area contributed by atoms with Gasteiger partial charge in [0.1, 0.15) is 0 Å². The maximum absolute atomic E-state index is 12.5. The van der Waals surface area contributed by atoms with Crippen molar-refractivity contribution in [1.82, 2.24) is 9.47 Å². The molecule has 1 atom stereocenters. The number of nitrogens with zero attached hydrogens (tertiary/aromatic N) is 2. The second kappa shape index (κ2) is 6.73. The number of fused-ring (bicyclic) bond motifs is 2. The summed E-state index contributed by atoms with van der Waals surface area (Å²) in [6.45, 7) is 4.98. The lowest BCUT2D eigenvalue weighted by atomic mass is 10.1. The zero-order chi connectivity index (χ0) is 17.2. The first-order valence-corrected chi connectivity index (χ1v) is 8.89. The van der Waals surface area contributed by atoms with Gasteiger partial charge in [-0.25, -0.2) is 0 Å². The Morgan fingerprint density at radius 2 is 1.92 bits per heavy atom. The molecule has 0 fully saturated rings. The van der Waals surface area contributed by atoms with E-state index in [0.717, 1.165) is 36.1 Å². The fourth-order valence-electron chi connectivity index (χ4n) is 3.72. The molecule has 128 valence electrons. The molecule has 4 heteroatoms. The van der Waals surface area contributed by atoms with Crippen molar-refractivity contribution >= 4 is 22.4 Å². The summed E-state index contributed by atoms with van der Waals surface area (Å²) >= 11 is 0. The summed E-state index contributed by atoms with van der Waals surface area (Å²) in [5, 5.41) is 5.31. The van der Waals surface area contributed by atoms with Crippen molar-refractivity contribution in [1.29, 1.82) is 0 Å². The maximum atomic E-state index is 12.5. The summed E-state index contributed by atoms with van der Waals surface area (Å²) < 4.78 is 2.30. The van der Waals surface area contributed by atoms with Crippen molar-refractivity contribution in [3.05, 3.63) is 66.5 Å². The predicted octanol–water partition coefficient (Wildman–Crippen LogP) is 4.05. The molecule has 1 aromatic heterocycles. The molecule has 0 saturated heterocycles. The zero-order valence-corrected chi connectivity index (χ0v) is 14.5. The van der Waals surface area contributed by atoms with E-state index in [-0.39, 0.29) is 5.91 Å². The summed E-state index contributed by atoms with van der Waals surface area (Å²) in [4.78, 5) is 14.8. The topological polar surface area (TPSA) is 37.3 Å². The van der Waals surface area contributed by atoms with Crippen LogP contribution >= 0.6 is 0 Å². The van der Waals surface area contributed by atoms with Crippen molar-refractivity contribution in [2.75, 3.05) is 18.4 Å². The second-order valence-electron chi connectivity index (χ2n) is 6.66. The van der Waals surface area contributed by atoms with E-state index in [9.17, 15) is 4.79 Å². The molecule has 4 nitrogen and oxygen atoms in total. The molecule has 4 rings (SSSR count). The van der Waals surface area contributed by atoms with Crippen LogP contribution < -0.4 is 5.32 Å². The average Bonchev–Trinajstić information content (AvgIpc) is 3.11. The third-order valence-electron chi connectivity index (χ3n) is 5.16. The fraction of sp³-hybridized carbons (Fsp3) is 0.286. The molecule has 0 bridgehead atoms. The average molecular weight is 333 g/mol. The summed E-state index contributed by atoms with van der Waals surface area (Å²) in [7, 11) is 0. The lowest BCUT2D eigenvalue weighted by Crippen LogP contribution is -2.38. The Morgan fingerprint density at radius 1 is 1.08 bits per heavy atom. The van der Waals surface area contributed by atoms with Crippen LogP contribution in [0.3, 0.4) is 0 Å². The smallest absolute Gasteiger partial charge is 0.225 e. The van der Waals surface area contributed by atoms with Crippen molar-refractivity contribution < 1.29 is 4.79 Å². The molecule has 1 aliphatic rings. The van der Waals surface area contributed by atoms with E-state index in [0.29, 0.717) is 12.5 Å². The SMILES string of the molecule is CC1c2cccn2CCN1CCC(=O)Nc1cccc2ccccc12. The molecule has 0 spiro atoms. The van der Waals surface area contributed by atoms with Crippen LogP contribution in [0.5, 0.6) is 0 Å². The first-order chi connectivity index (χ1) is 12.2. The van der Waals surface area contributed by atoms with Gasteiger partial charge >= 0.3 is 0 Å². The van der Waals surface area contributed by atoms with E-state index in [1.54, 1.807) is 0 Å². The zero-order valence-electron chi connectivity index (χ0n) is 14.5. The standard InChI is InChI=1S/C21H23N3O/c1-16-20-10-5-12-24(20)15-14-23(16)13-11-21(25)22-19-9-4-7-17-6-2-3-8-18(17)19/h2-10,12,16H,11,13-15H2,1H3,(H,22,25). The maximum Gasteiger partial charge on any atom is 0.225 e. The molecule has 0 radical (unpaired) electrons. The Balaban J connectivity index is 1.40. The van der Waals surface area contributed by atoms with Gasteiger partial charge in [-0.1, -0.05) is 36.4 Å². The van der Waals surface area contributed by atoms with Gasteiger partial charge in [0, 0.05) is 55.1 Å². The van der Waals surface area contributed by atoms with Gasteiger partial charge in [-0.05, 0) is 30.5 Å². The van der Waals surface area contributed by atoms with E-state index in [4.69, 9.17) is 0 Å². The van der Waals surface area contributed by atoms with E-state index in [2.05, 4.69) is 52.2 Å². The minimum atomic E-state index is 0.0736. The number of hydrogen-bond acceptors (Lipinski definition) is 2. The largest absolute Gasteiger partial charge is 0.349 e. The van der Waals surface area contributed by atoms with Crippen LogP contribution in [0.25, 0.3) is 10.8 Å². The number of aromatic nitrogens is 1. The number of nitrogens with one attached hydrogen (secondary N) is 1. The normalized spacial score (nSPS) is 17.4. The van der Waals surface area contributed by atoms with Gasteiger partial charge in [0.25, 0.3) is 0 Å². The first-order valence-electron chi connectivity index (χ1n) is 8.89. The Kier molecular flexibility index (Phi) is 4.28. The van der Waals surface area contributed by atoms with Crippen LogP contribution in [0.4, 0.5) is 5.69 Å². The van der Waals surface area contributed by atoms with Crippen LogP contribution in [0.15, 0.2) is 60.8 Å². The Labute approximate surface area is 148 Å². The Hall–Kier alpha value is -2.59. The molecule has 2 heterocycles. The van der Waals surface area contributed by atoms with Gasteiger partial charge in [0.15, 0.2) is 0 Å². The summed E-state index contributed by atoms with van der Waals surface area (Å²) in [6, 6.07) is 18.8. The molecular weight excluding hydrogens is 310 g/mol. The van der Waals surface area contributed by atoms with Gasteiger partial charge in [-0.15, -0.1) is 0 Å². The summed E-state index contributed by atoms with van der Waals surface area (Å²) in [5.41, 5.74) is 2.23. The molecule has 0 saturated carbocycles. The summed E-state index contributed by atoms with van der Waals surface area (Å²) in [5.74, 6) is 0.0736. The lowest BCUT2D eigenvalue weighted by Gasteiger charge is -2.34. The van der Waals surface area contributed by atoms with Crippen LogP contribution in [0.1, 0.15) is 25.1 Å². The number of hydrogen-bond donors (Lipinski definition) is 1. The third-order valence-corrected chi connectivity index (χ3v) is 5.16. The highest BCUT2D eigenvalue weighted by molar-refractivity contribution is 6.02. The van der Waals surface area contributed by atoms with Gasteiger partial charge in [0.05, 0.1) is 0 Å². The van der Waals surface area contributed by atoms with Gasteiger partial charge in [-0.3, -0.25) is 9.69 Å². The van der Waals surface area contributed by atoms with Crippen LogP contribution in [0, 0.1) is 0 Å². The van der Waals surface area contributed by atoms with Crippen LogP contribution in [-0.2, 0) is 11.3 Å². The third kappa shape index (κ3) is 3.17. The van der Waals surface area contributed by atoms with Crippen molar-refractivity contribution in [2.24, 2.45) is 0 Å². The van der Waals surface area contributed by atoms with E-state index in [1.165, 1.54) is 5.69 Å². The van der Waals surface area contributed by atoms with Gasteiger partial charge < -0.3 is 9.88 Å². The number of benzene rings is 2. The molecular formula is C21H23N3O. The van der Waals surface area contributed by atoms with E-state index >= 15 is 0 Å². The van der Waals surface area contributed by atoms with Crippen molar-refractivity contribution in [3.63, 3.8) is 0 Å². The van der Waals surface area contributed by atoms with Crippen LogP contribution in [0.2, 0.25) is 0 Å². The fourth-order valence-corrected chi connectivity index (χ4v) is 3.72. The highest BCUT2D eigenvalue weighted by atomic mass is 16.1. The quantitative estimate of drug-likeness (QED) is 0.782. The first kappa shape index (κ1) is 15.9. The second-order valence-corrected chi connectivity index (χ2v) is 6.66. The van der Waals surface area contributed by atoms with Crippen molar-refractivity contribution in [3.8, 4) is 0 Å². The lowest BCUT2D eigenvalue weighted by molar-refractivity contribution is -0.116. The number of anilines is 1. The van der Waals surface area contributed by atoms with E-state index < -0.39 is 0 Å². The van der Waals surface area contributed by atoms with Crippen molar-refractivity contribution in [2.45, 2.75) is 25.9 Å². The molecule has 1 amide bonds. The number of amides is 1.